The van der Waals surface area contributed by atoms with E-state index in [0.717, 1.165) is 11.3 Å². The fraction of sp³-hybridized carbons (Fsp3) is 0. The summed E-state index contributed by atoms with van der Waals surface area (Å²) in [6.07, 6.45) is 9.28. The third-order valence-corrected chi connectivity index (χ3v) is 2.60. The lowest BCUT2D eigenvalue weighted by atomic mass is 10.2. The number of hydrogen-bond donors (Lipinski definition) is 0. The molecule has 4 heteroatoms. The maximum atomic E-state index is 4.28. The van der Waals surface area contributed by atoms with E-state index in [1.54, 1.807) is 17.1 Å². The summed E-state index contributed by atoms with van der Waals surface area (Å²) in [6.45, 7) is 0. The van der Waals surface area contributed by atoms with E-state index in [4.69, 9.17) is 0 Å². The number of hydrogen-bond acceptors (Lipinski definition) is 2. The van der Waals surface area contributed by atoms with Gasteiger partial charge in [-0.1, -0.05) is 30.3 Å². The Morgan fingerprint density at radius 3 is 2.33 bits per heavy atom. The van der Waals surface area contributed by atoms with Gasteiger partial charge in [0.15, 0.2) is 0 Å². The van der Waals surface area contributed by atoms with E-state index < -0.39 is 0 Å². The van der Waals surface area contributed by atoms with Crippen molar-refractivity contribution in [2.45, 2.75) is 0 Å². The lowest BCUT2D eigenvalue weighted by Crippen LogP contribution is -2.01. The quantitative estimate of drug-likeness (QED) is 0.700. The van der Waals surface area contributed by atoms with Crippen molar-refractivity contribution in [2.24, 2.45) is 0 Å². The van der Waals surface area contributed by atoms with E-state index in [1.807, 2.05) is 53.6 Å². The maximum absolute atomic E-state index is 4.28. The highest BCUT2D eigenvalue weighted by Gasteiger charge is 2.04. The second-order valence-corrected chi connectivity index (χ2v) is 3.82. The summed E-state index contributed by atoms with van der Waals surface area (Å²) < 4.78 is 3.60. The molecule has 2 aromatic heterocycles. The molecule has 0 radical (unpaired) electrons. The van der Waals surface area contributed by atoms with Crippen molar-refractivity contribution in [3.05, 3.63) is 72.8 Å². The molecule has 0 saturated carbocycles. The first kappa shape index (κ1) is 10.5. The molecular formula is C14H12N4. The summed E-state index contributed by atoms with van der Waals surface area (Å²) in [5.41, 5.74) is 2.07. The minimum absolute atomic E-state index is 0.976. The Morgan fingerprint density at radius 1 is 0.889 bits per heavy atom. The number of nitrogens with zero attached hydrogens (tertiary/aromatic N) is 4. The molecule has 0 amide bonds. The number of aromatic nitrogens is 4. The smallest absolute Gasteiger partial charge is 0.0900 e. The van der Waals surface area contributed by atoms with E-state index in [9.17, 15) is 0 Å². The van der Waals surface area contributed by atoms with Crippen molar-refractivity contribution in [1.82, 2.24) is 19.6 Å². The van der Waals surface area contributed by atoms with Crippen LogP contribution in [0.25, 0.3) is 11.9 Å². The first-order valence-corrected chi connectivity index (χ1v) is 5.70. The predicted molar refractivity (Wildman–Crippen MR) is 70.5 cm³/mol. The van der Waals surface area contributed by atoms with Gasteiger partial charge in [-0.05, 0) is 12.1 Å². The van der Waals surface area contributed by atoms with Crippen LogP contribution in [0.3, 0.4) is 0 Å². The Kier molecular flexibility index (Phi) is 2.75. The maximum Gasteiger partial charge on any atom is 0.0900 e. The van der Waals surface area contributed by atoms with Crippen LogP contribution < -0.4 is 0 Å². The van der Waals surface area contributed by atoms with Gasteiger partial charge in [0.05, 0.1) is 11.9 Å². The Balaban J connectivity index is 2.10. The van der Waals surface area contributed by atoms with E-state index >= 15 is 0 Å². The zero-order valence-electron chi connectivity index (χ0n) is 9.72. The summed E-state index contributed by atoms with van der Waals surface area (Å²) in [7, 11) is 0. The van der Waals surface area contributed by atoms with Crippen LogP contribution in [0.1, 0.15) is 5.56 Å². The molecule has 3 rings (SSSR count). The van der Waals surface area contributed by atoms with Gasteiger partial charge in [-0.15, -0.1) is 0 Å². The molecule has 0 aliphatic rings. The SMILES string of the molecule is C(=C(\c1ccccc1)n1cccn1)/n1cccn1. The molecule has 0 unspecified atom stereocenters. The van der Waals surface area contributed by atoms with Crippen molar-refractivity contribution in [3.63, 3.8) is 0 Å². The van der Waals surface area contributed by atoms with Gasteiger partial charge in [0, 0.05) is 30.4 Å². The highest BCUT2D eigenvalue weighted by molar-refractivity contribution is 5.74. The number of rotatable bonds is 3. The Bertz CT molecular complexity index is 622. The Morgan fingerprint density at radius 2 is 1.67 bits per heavy atom. The van der Waals surface area contributed by atoms with Crippen molar-refractivity contribution in [1.29, 1.82) is 0 Å². The topological polar surface area (TPSA) is 35.6 Å². The molecule has 1 aromatic carbocycles. The lowest BCUT2D eigenvalue weighted by molar-refractivity contribution is 0.883. The van der Waals surface area contributed by atoms with Gasteiger partial charge in [-0.3, -0.25) is 0 Å². The average Bonchev–Trinajstić information content (AvgIpc) is 3.10. The van der Waals surface area contributed by atoms with E-state index in [2.05, 4.69) is 22.3 Å². The number of benzene rings is 1. The molecule has 88 valence electrons. The predicted octanol–water partition coefficient (Wildman–Crippen LogP) is 2.58. The van der Waals surface area contributed by atoms with Gasteiger partial charge in [0.1, 0.15) is 0 Å². The summed E-state index contributed by atoms with van der Waals surface area (Å²) in [5, 5.41) is 8.47. The van der Waals surface area contributed by atoms with Gasteiger partial charge >= 0.3 is 0 Å². The van der Waals surface area contributed by atoms with Crippen LogP contribution in [-0.2, 0) is 0 Å². The molecule has 0 aliphatic carbocycles. The second-order valence-electron chi connectivity index (χ2n) is 3.82. The standard InChI is InChI=1S/C14H12N4/c1-2-6-13(7-3-1)14(18-11-5-9-16-18)12-17-10-4-8-15-17/h1-12H/b14-12-. The molecule has 18 heavy (non-hydrogen) atoms. The molecule has 0 aliphatic heterocycles. The third-order valence-electron chi connectivity index (χ3n) is 2.60. The first-order valence-electron chi connectivity index (χ1n) is 5.70. The van der Waals surface area contributed by atoms with Crippen LogP contribution >= 0.6 is 0 Å². The average molecular weight is 236 g/mol. The Labute approximate surface area is 105 Å². The highest BCUT2D eigenvalue weighted by atomic mass is 15.3. The molecule has 0 spiro atoms. The zero-order valence-corrected chi connectivity index (χ0v) is 9.72. The molecule has 0 fully saturated rings. The zero-order chi connectivity index (χ0) is 12.2. The third kappa shape index (κ3) is 2.08. The summed E-state index contributed by atoms with van der Waals surface area (Å²) in [6, 6.07) is 13.9. The molecule has 2 heterocycles. The fourth-order valence-electron chi connectivity index (χ4n) is 1.77. The summed E-state index contributed by atoms with van der Waals surface area (Å²) >= 11 is 0. The van der Waals surface area contributed by atoms with E-state index in [-0.39, 0.29) is 0 Å². The van der Waals surface area contributed by atoms with Crippen LogP contribution in [0.2, 0.25) is 0 Å². The molecular weight excluding hydrogens is 224 g/mol. The van der Waals surface area contributed by atoms with Crippen molar-refractivity contribution in [3.8, 4) is 0 Å². The largest absolute Gasteiger partial charge is 0.246 e. The van der Waals surface area contributed by atoms with Gasteiger partial charge < -0.3 is 0 Å². The van der Waals surface area contributed by atoms with Crippen molar-refractivity contribution in [2.75, 3.05) is 0 Å². The molecule has 0 saturated heterocycles. The van der Waals surface area contributed by atoms with Crippen molar-refractivity contribution < 1.29 is 0 Å². The van der Waals surface area contributed by atoms with E-state index in [0.29, 0.717) is 0 Å². The molecule has 0 N–H and O–H groups in total. The minimum atomic E-state index is 0.976. The monoisotopic (exact) mass is 236 g/mol. The van der Waals surface area contributed by atoms with Gasteiger partial charge in [-0.2, -0.15) is 10.2 Å². The van der Waals surface area contributed by atoms with Crippen LogP contribution in [-0.4, -0.2) is 19.6 Å². The minimum Gasteiger partial charge on any atom is -0.246 e. The van der Waals surface area contributed by atoms with Gasteiger partial charge in [-0.25, -0.2) is 9.36 Å². The molecule has 0 bridgehead atoms. The van der Waals surface area contributed by atoms with Crippen LogP contribution in [0.15, 0.2) is 67.3 Å². The molecule has 0 atom stereocenters. The normalized spacial score (nSPS) is 11.7. The van der Waals surface area contributed by atoms with Crippen LogP contribution in [0.4, 0.5) is 0 Å². The Hall–Kier alpha value is -2.62. The lowest BCUT2D eigenvalue weighted by Gasteiger charge is -2.08. The van der Waals surface area contributed by atoms with Crippen LogP contribution in [0.5, 0.6) is 0 Å². The summed E-state index contributed by atoms with van der Waals surface area (Å²) in [5.74, 6) is 0. The molecule has 3 aromatic rings. The second kappa shape index (κ2) is 4.71. The van der Waals surface area contributed by atoms with Crippen molar-refractivity contribution >= 4 is 11.9 Å². The van der Waals surface area contributed by atoms with Gasteiger partial charge in [0.25, 0.3) is 0 Å². The fourth-order valence-corrected chi connectivity index (χ4v) is 1.77. The van der Waals surface area contributed by atoms with Gasteiger partial charge in [0.2, 0.25) is 0 Å². The molecule has 4 nitrogen and oxygen atoms in total. The highest BCUT2D eigenvalue weighted by Crippen LogP contribution is 2.16. The van der Waals surface area contributed by atoms with E-state index in [1.165, 1.54) is 0 Å². The van der Waals surface area contributed by atoms with Crippen LogP contribution in [0, 0.1) is 0 Å². The summed E-state index contributed by atoms with van der Waals surface area (Å²) in [4.78, 5) is 0. The first-order chi connectivity index (χ1) is 8.93.